The van der Waals surface area contributed by atoms with Crippen LogP contribution < -0.4 is 0 Å². The lowest BCUT2D eigenvalue weighted by Crippen LogP contribution is -2.19. The number of Topliss-reactive ketones (excluding diaryl/α,β-unsaturated/α-hetero) is 1. The minimum absolute atomic E-state index is 0.142. The summed E-state index contributed by atoms with van der Waals surface area (Å²) in [5, 5.41) is 5.36. The fourth-order valence-electron chi connectivity index (χ4n) is 2.52. The van der Waals surface area contributed by atoms with Crippen LogP contribution in [-0.4, -0.2) is 15.6 Å². The number of carbonyl (C=O) groups is 1. The Bertz CT molecular complexity index is 643. The molecule has 1 heterocycles. The van der Waals surface area contributed by atoms with Gasteiger partial charge in [-0.05, 0) is 24.5 Å². The van der Waals surface area contributed by atoms with Gasteiger partial charge in [-0.2, -0.15) is 5.10 Å². The zero-order valence-corrected chi connectivity index (χ0v) is 11.9. The Morgan fingerprint density at radius 3 is 2.63 bits per heavy atom. The highest BCUT2D eigenvalue weighted by molar-refractivity contribution is 6.37. The van der Waals surface area contributed by atoms with E-state index in [4.69, 9.17) is 23.2 Å². The predicted molar refractivity (Wildman–Crippen MR) is 75.4 cm³/mol. The first-order chi connectivity index (χ1) is 9.08. The van der Waals surface area contributed by atoms with Crippen LogP contribution in [0.4, 0.5) is 0 Å². The van der Waals surface area contributed by atoms with Crippen molar-refractivity contribution in [1.82, 2.24) is 9.78 Å². The molecule has 3 nitrogen and oxygen atoms in total. The third kappa shape index (κ3) is 2.07. The van der Waals surface area contributed by atoms with E-state index < -0.39 is 0 Å². The molecular formula is C14H12Cl2N2O. The molecule has 0 spiro atoms. The Morgan fingerprint density at radius 2 is 1.95 bits per heavy atom. The van der Waals surface area contributed by atoms with Crippen molar-refractivity contribution >= 4 is 29.0 Å². The van der Waals surface area contributed by atoms with Crippen molar-refractivity contribution in [2.75, 3.05) is 0 Å². The van der Waals surface area contributed by atoms with Crippen LogP contribution in [0.2, 0.25) is 10.0 Å². The summed E-state index contributed by atoms with van der Waals surface area (Å²) in [5.41, 5.74) is 2.24. The zero-order valence-electron chi connectivity index (χ0n) is 10.4. The van der Waals surface area contributed by atoms with E-state index in [-0.39, 0.29) is 5.78 Å². The molecule has 1 aliphatic carbocycles. The van der Waals surface area contributed by atoms with Crippen molar-refractivity contribution in [3.63, 3.8) is 0 Å². The number of hydrogen-bond donors (Lipinski definition) is 0. The monoisotopic (exact) mass is 294 g/mol. The van der Waals surface area contributed by atoms with Crippen LogP contribution in [0.3, 0.4) is 0 Å². The second-order valence-electron chi connectivity index (χ2n) is 4.92. The summed E-state index contributed by atoms with van der Waals surface area (Å²) in [4.78, 5) is 12.0. The molecule has 0 N–H and O–H groups in total. The van der Waals surface area contributed by atoms with Gasteiger partial charge in [-0.15, -0.1) is 0 Å². The Hall–Kier alpha value is -1.32. The van der Waals surface area contributed by atoms with Crippen molar-refractivity contribution in [3.8, 4) is 5.69 Å². The number of aromatic nitrogens is 2. The Morgan fingerprint density at radius 1 is 1.26 bits per heavy atom. The molecule has 98 valence electrons. The molecule has 1 atom stereocenters. The number of halogens is 2. The Kier molecular flexibility index (Phi) is 3.11. The average Bonchev–Trinajstić information content (AvgIpc) is 2.73. The maximum Gasteiger partial charge on any atom is 0.166 e. The number of fused-ring (bicyclic) bond motifs is 1. The van der Waals surface area contributed by atoms with E-state index in [9.17, 15) is 4.79 Å². The average molecular weight is 295 g/mol. The number of nitrogens with zero attached hydrogens (tertiary/aromatic N) is 2. The second-order valence-corrected chi connectivity index (χ2v) is 5.74. The maximum atomic E-state index is 12.0. The number of benzene rings is 1. The fraction of sp³-hybridized carbons (Fsp3) is 0.286. The summed E-state index contributed by atoms with van der Waals surface area (Å²) < 4.78 is 1.70. The molecule has 3 rings (SSSR count). The Balaban J connectivity index is 2.21. The highest BCUT2D eigenvalue weighted by Gasteiger charge is 2.27. The number of carbonyl (C=O) groups excluding carboxylic acids is 1. The van der Waals surface area contributed by atoms with Gasteiger partial charge in [0.25, 0.3) is 0 Å². The van der Waals surface area contributed by atoms with E-state index in [0.717, 1.165) is 12.1 Å². The van der Waals surface area contributed by atoms with Crippen molar-refractivity contribution in [2.45, 2.75) is 19.8 Å². The molecule has 19 heavy (non-hydrogen) atoms. The van der Waals surface area contributed by atoms with E-state index in [2.05, 4.69) is 12.0 Å². The van der Waals surface area contributed by atoms with Crippen LogP contribution in [0.15, 0.2) is 24.4 Å². The van der Waals surface area contributed by atoms with Crippen molar-refractivity contribution in [3.05, 3.63) is 45.7 Å². The van der Waals surface area contributed by atoms with Crippen LogP contribution in [0, 0.1) is 5.92 Å². The number of hydrogen-bond acceptors (Lipinski definition) is 2. The minimum Gasteiger partial charge on any atom is -0.294 e. The molecule has 0 unspecified atom stereocenters. The molecule has 0 fully saturated rings. The van der Waals surface area contributed by atoms with Crippen molar-refractivity contribution in [2.24, 2.45) is 5.92 Å². The molecule has 1 aromatic carbocycles. The third-order valence-electron chi connectivity index (χ3n) is 3.39. The van der Waals surface area contributed by atoms with Gasteiger partial charge in [0, 0.05) is 6.42 Å². The van der Waals surface area contributed by atoms with E-state index >= 15 is 0 Å². The molecule has 0 aliphatic heterocycles. The van der Waals surface area contributed by atoms with Crippen LogP contribution in [0.5, 0.6) is 0 Å². The molecule has 0 bridgehead atoms. The Labute approximate surface area is 121 Å². The largest absolute Gasteiger partial charge is 0.294 e. The molecule has 0 amide bonds. The van der Waals surface area contributed by atoms with Crippen LogP contribution in [0.1, 0.15) is 29.4 Å². The summed E-state index contributed by atoms with van der Waals surface area (Å²) in [5.74, 6) is 0.458. The highest BCUT2D eigenvalue weighted by atomic mass is 35.5. The van der Waals surface area contributed by atoms with Gasteiger partial charge in [0.1, 0.15) is 5.69 Å². The van der Waals surface area contributed by atoms with Gasteiger partial charge in [-0.1, -0.05) is 36.2 Å². The molecule has 0 saturated heterocycles. The lowest BCUT2D eigenvalue weighted by Gasteiger charge is -2.19. The van der Waals surface area contributed by atoms with Crippen LogP contribution in [0.25, 0.3) is 5.69 Å². The first kappa shape index (κ1) is 12.7. The normalized spacial score (nSPS) is 18.5. The first-order valence-electron chi connectivity index (χ1n) is 6.12. The molecule has 5 heteroatoms. The van der Waals surface area contributed by atoms with E-state index in [1.54, 1.807) is 29.1 Å². The molecule has 1 aromatic heterocycles. The molecule has 0 saturated carbocycles. The van der Waals surface area contributed by atoms with Crippen LogP contribution >= 0.6 is 23.2 Å². The van der Waals surface area contributed by atoms with Gasteiger partial charge < -0.3 is 0 Å². The first-order valence-corrected chi connectivity index (χ1v) is 6.88. The summed E-state index contributed by atoms with van der Waals surface area (Å²) in [7, 11) is 0. The smallest absolute Gasteiger partial charge is 0.166 e. The van der Waals surface area contributed by atoms with Gasteiger partial charge >= 0.3 is 0 Å². The van der Waals surface area contributed by atoms with E-state index in [1.165, 1.54) is 0 Å². The van der Waals surface area contributed by atoms with Gasteiger partial charge in [0.05, 0.1) is 27.5 Å². The van der Waals surface area contributed by atoms with Gasteiger partial charge in [-0.25, -0.2) is 4.68 Å². The van der Waals surface area contributed by atoms with E-state index in [0.29, 0.717) is 33.6 Å². The topological polar surface area (TPSA) is 34.9 Å². The van der Waals surface area contributed by atoms with Gasteiger partial charge in [0.15, 0.2) is 5.78 Å². The molecule has 1 aliphatic rings. The van der Waals surface area contributed by atoms with Gasteiger partial charge in [-0.3, -0.25) is 4.79 Å². The highest BCUT2D eigenvalue weighted by Crippen LogP contribution is 2.33. The summed E-state index contributed by atoms with van der Waals surface area (Å²) in [6.45, 7) is 2.06. The minimum atomic E-state index is 0.142. The number of rotatable bonds is 1. The lowest BCUT2D eigenvalue weighted by atomic mass is 9.88. The zero-order chi connectivity index (χ0) is 13.6. The third-order valence-corrected chi connectivity index (χ3v) is 4.00. The fourth-order valence-corrected chi connectivity index (χ4v) is 3.07. The van der Waals surface area contributed by atoms with Gasteiger partial charge in [0.2, 0.25) is 0 Å². The number of ketones is 1. The van der Waals surface area contributed by atoms with Crippen molar-refractivity contribution in [1.29, 1.82) is 0 Å². The summed E-state index contributed by atoms with van der Waals surface area (Å²) >= 11 is 12.4. The predicted octanol–water partition coefficient (Wildman–Crippen LogP) is 3.94. The molecular weight excluding hydrogens is 283 g/mol. The standard InChI is InChI=1S/C14H12Cl2N2O/c1-8-5-12-9(13(19)6-8)7-17-18(12)14-10(15)3-2-4-11(14)16/h2-4,7-8H,5-6H2,1H3/t8-/m0/s1. The van der Waals surface area contributed by atoms with Crippen LogP contribution in [-0.2, 0) is 6.42 Å². The maximum absolute atomic E-state index is 12.0. The molecule has 2 aromatic rings. The van der Waals surface area contributed by atoms with E-state index in [1.807, 2.05) is 0 Å². The SMILES string of the molecule is C[C@@H]1CC(=O)c2cnn(-c3c(Cl)cccc3Cl)c2C1. The lowest BCUT2D eigenvalue weighted by molar-refractivity contribution is 0.0952. The summed E-state index contributed by atoms with van der Waals surface area (Å²) in [6.07, 6.45) is 3.00. The number of para-hydroxylation sites is 1. The second kappa shape index (κ2) is 4.66. The molecule has 0 radical (unpaired) electrons. The van der Waals surface area contributed by atoms with Crippen molar-refractivity contribution < 1.29 is 4.79 Å². The summed E-state index contributed by atoms with van der Waals surface area (Å²) in [6, 6.07) is 5.33. The quantitative estimate of drug-likeness (QED) is 0.798.